The van der Waals surface area contributed by atoms with Crippen LogP contribution in [0.15, 0.2) is 72.8 Å². The van der Waals surface area contributed by atoms with Gasteiger partial charge in [0.2, 0.25) is 0 Å². The van der Waals surface area contributed by atoms with Gasteiger partial charge in [0.25, 0.3) is 5.91 Å². The molecule has 9 heteroatoms. The summed E-state index contributed by atoms with van der Waals surface area (Å²) in [5, 5.41) is 20.9. The van der Waals surface area contributed by atoms with Crippen molar-refractivity contribution in [2.24, 2.45) is 0 Å². The Morgan fingerprint density at radius 1 is 0.951 bits per heavy atom. The molecular formula is C32H44N4O4S. The third kappa shape index (κ3) is 8.70. The van der Waals surface area contributed by atoms with Crippen molar-refractivity contribution in [1.82, 2.24) is 10.6 Å². The Kier molecular flexibility index (Phi) is 11.1. The second kappa shape index (κ2) is 14.7. The van der Waals surface area contributed by atoms with Crippen molar-refractivity contribution in [1.29, 1.82) is 0 Å². The largest absolute Gasteiger partial charge is 0.390 e. The molecule has 1 heterocycles. The number of aryl methyl sites for hydroxylation is 1. The molecule has 0 bridgehead atoms. The van der Waals surface area contributed by atoms with Gasteiger partial charge in [0.1, 0.15) is 0 Å². The Morgan fingerprint density at radius 3 is 2.44 bits per heavy atom. The average Bonchev–Trinajstić information content (AvgIpc) is 2.97. The summed E-state index contributed by atoms with van der Waals surface area (Å²) in [5.41, 5.74) is 5.16. The highest BCUT2D eigenvalue weighted by molar-refractivity contribution is 8.25. The summed E-state index contributed by atoms with van der Waals surface area (Å²) >= 11 is 0. The third-order valence-corrected chi connectivity index (χ3v) is 9.33. The van der Waals surface area contributed by atoms with Gasteiger partial charge in [-0.05, 0) is 67.5 Å². The summed E-state index contributed by atoms with van der Waals surface area (Å²) in [6.45, 7) is 6.20. The maximum atomic E-state index is 13.7. The lowest BCUT2D eigenvalue weighted by atomic mass is 10.00. The number of aliphatic hydroxyl groups is 1. The van der Waals surface area contributed by atoms with Crippen LogP contribution in [0.2, 0.25) is 0 Å². The zero-order valence-corrected chi connectivity index (χ0v) is 24.9. The van der Waals surface area contributed by atoms with E-state index in [0.29, 0.717) is 49.6 Å². The minimum absolute atomic E-state index is 0.311. The molecule has 0 saturated carbocycles. The van der Waals surface area contributed by atoms with Crippen molar-refractivity contribution in [2.45, 2.75) is 58.2 Å². The van der Waals surface area contributed by atoms with E-state index in [1.807, 2.05) is 49.4 Å². The predicted octanol–water partition coefficient (Wildman–Crippen LogP) is 5.44. The van der Waals surface area contributed by atoms with Gasteiger partial charge in [-0.2, -0.15) is 0 Å². The molecule has 0 radical (unpaired) electrons. The quantitative estimate of drug-likeness (QED) is 0.159. The molecule has 1 amide bonds. The molecule has 6 N–H and O–H groups in total. The Balaban J connectivity index is 1.52. The van der Waals surface area contributed by atoms with E-state index in [-0.39, 0.29) is 5.91 Å². The second-order valence-corrected chi connectivity index (χ2v) is 12.7. The van der Waals surface area contributed by atoms with E-state index >= 15 is 0 Å². The normalized spacial score (nSPS) is 17.0. The fraction of sp³-hybridized carbons (Fsp3) is 0.406. The minimum atomic E-state index is -2.94. The van der Waals surface area contributed by atoms with Gasteiger partial charge in [-0.15, -0.1) is 10.8 Å². The van der Waals surface area contributed by atoms with Crippen molar-refractivity contribution in [3.8, 4) is 0 Å². The van der Waals surface area contributed by atoms with Crippen LogP contribution in [0.5, 0.6) is 0 Å². The van der Waals surface area contributed by atoms with E-state index in [9.17, 15) is 19.0 Å². The Hall–Kier alpha value is -3.08. The molecule has 1 saturated heterocycles. The summed E-state index contributed by atoms with van der Waals surface area (Å²) in [6.07, 6.45) is 2.21. The Morgan fingerprint density at radius 2 is 1.71 bits per heavy atom. The van der Waals surface area contributed by atoms with Gasteiger partial charge in [0, 0.05) is 37.4 Å². The van der Waals surface area contributed by atoms with E-state index in [1.54, 1.807) is 16.4 Å². The summed E-state index contributed by atoms with van der Waals surface area (Å²) in [4.78, 5) is 13.7. The Bertz CT molecular complexity index is 1270. The van der Waals surface area contributed by atoms with Gasteiger partial charge in [0.15, 0.2) is 0 Å². The number of anilines is 2. The van der Waals surface area contributed by atoms with Crippen LogP contribution >= 0.6 is 10.8 Å². The smallest absolute Gasteiger partial charge is 0.251 e. The molecule has 3 aromatic rings. The molecule has 1 aliphatic heterocycles. The van der Waals surface area contributed by atoms with Gasteiger partial charge < -0.3 is 21.1 Å². The minimum Gasteiger partial charge on any atom is -0.390 e. The van der Waals surface area contributed by atoms with E-state index < -0.39 is 22.9 Å². The molecule has 0 unspecified atom stereocenters. The first-order valence-electron chi connectivity index (χ1n) is 14.5. The summed E-state index contributed by atoms with van der Waals surface area (Å²) in [7, 11) is -2.94. The van der Waals surface area contributed by atoms with Gasteiger partial charge in [-0.3, -0.25) is 18.2 Å². The summed E-state index contributed by atoms with van der Waals surface area (Å²) in [6, 6.07) is 23.0. The number of amides is 1. The first-order valence-corrected chi connectivity index (χ1v) is 16.2. The average molecular weight is 581 g/mol. The van der Waals surface area contributed by atoms with Crippen LogP contribution in [0.3, 0.4) is 0 Å². The number of hydrogen-bond donors (Lipinski definition) is 6. The van der Waals surface area contributed by atoms with Gasteiger partial charge in [0.05, 0.1) is 23.6 Å². The van der Waals surface area contributed by atoms with Crippen LogP contribution in [0, 0.1) is 0 Å². The number of nitrogens with one attached hydrogen (secondary N) is 3. The zero-order chi connectivity index (χ0) is 29.2. The second-order valence-electron chi connectivity index (χ2n) is 10.6. The number of nitrogens with zero attached hydrogens (tertiary/aromatic N) is 1. The lowest BCUT2D eigenvalue weighted by Gasteiger charge is -2.47. The molecule has 8 nitrogen and oxygen atoms in total. The SMILES string of the molecule is CCNc1cc(C(=O)N[C@@H](Cc2ccccc2)[C@@H](O)CNCc2cccc(CC)c2)cc(N2CCCCS2(O)O)c1. The lowest BCUT2D eigenvalue weighted by Crippen LogP contribution is -2.48. The third-order valence-electron chi connectivity index (χ3n) is 7.39. The van der Waals surface area contributed by atoms with E-state index in [4.69, 9.17) is 0 Å². The van der Waals surface area contributed by atoms with E-state index in [0.717, 1.165) is 36.1 Å². The topological polar surface area (TPSA) is 117 Å². The van der Waals surface area contributed by atoms with Crippen LogP contribution in [0.1, 0.15) is 53.7 Å². The molecule has 0 spiro atoms. The first kappa shape index (κ1) is 30.9. The van der Waals surface area contributed by atoms with Gasteiger partial charge in [-0.1, -0.05) is 61.5 Å². The molecule has 2 atom stereocenters. The monoisotopic (exact) mass is 580 g/mol. The molecule has 0 aromatic heterocycles. The highest BCUT2D eigenvalue weighted by Crippen LogP contribution is 2.50. The van der Waals surface area contributed by atoms with Gasteiger partial charge in [-0.25, -0.2) is 0 Å². The summed E-state index contributed by atoms with van der Waals surface area (Å²) < 4.78 is 23.1. The fourth-order valence-electron chi connectivity index (χ4n) is 5.17. The zero-order valence-electron chi connectivity index (χ0n) is 24.1. The standard InChI is InChI=1S/C32H44N4O4S/c1-3-24-13-10-14-26(17-24)22-33-23-31(37)30(18-25-11-6-5-7-12-25)35-32(38)27-19-28(34-4-2)21-29(20-27)36-15-8-9-16-41(36,39)40/h5-7,10-14,17,19-21,30-31,33-34,37,39-40H,3-4,8-9,15-16,18,22-23H2,1-2H3,(H,35,38)/t30-,31-/m0/s1. The number of rotatable bonds is 13. The van der Waals surface area contributed by atoms with Gasteiger partial charge >= 0.3 is 0 Å². The molecule has 222 valence electrons. The van der Waals surface area contributed by atoms with Crippen LogP contribution in [-0.4, -0.2) is 57.7 Å². The predicted molar refractivity (Wildman–Crippen MR) is 170 cm³/mol. The van der Waals surface area contributed by atoms with E-state index in [2.05, 4.69) is 41.1 Å². The molecule has 1 aliphatic rings. The number of carbonyl (C=O) groups excluding carboxylic acids is 1. The van der Waals surface area contributed by atoms with E-state index in [1.165, 1.54) is 5.56 Å². The molecule has 0 aliphatic carbocycles. The first-order chi connectivity index (χ1) is 19.8. The number of hydrogen-bond acceptors (Lipinski definition) is 7. The molecule has 41 heavy (non-hydrogen) atoms. The molecule has 3 aromatic carbocycles. The number of benzene rings is 3. The lowest BCUT2D eigenvalue weighted by molar-refractivity contribution is 0.0830. The van der Waals surface area contributed by atoms with Crippen LogP contribution < -0.4 is 20.3 Å². The van der Waals surface area contributed by atoms with Crippen molar-refractivity contribution >= 4 is 28.1 Å². The number of carbonyl (C=O) groups is 1. The fourth-order valence-corrected chi connectivity index (χ4v) is 6.84. The highest BCUT2D eigenvalue weighted by Gasteiger charge is 2.28. The van der Waals surface area contributed by atoms with Crippen LogP contribution in [0.4, 0.5) is 11.4 Å². The maximum Gasteiger partial charge on any atom is 0.251 e. The van der Waals surface area contributed by atoms with Crippen LogP contribution in [0.25, 0.3) is 0 Å². The maximum absolute atomic E-state index is 13.7. The van der Waals surface area contributed by atoms with Crippen molar-refractivity contribution < 1.29 is 19.0 Å². The van der Waals surface area contributed by atoms with Crippen LogP contribution in [-0.2, 0) is 19.4 Å². The number of aliphatic hydroxyl groups excluding tert-OH is 1. The van der Waals surface area contributed by atoms with Crippen molar-refractivity contribution in [3.63, 3.8) is 0 Å². The molecule has 4 rings (SSSR count). The van der Waals surface area contributed by atoms with Crippen molar-refractivity contribution in [2.75, 3.05) is 35.0 Å². The molecule has 1 fully saturated rings. The molecular weight excluding hydrogens is 536 g/mol. The Labute approximate surface area is 245 Å². The highest BCUT2D eigenvalue weighted by atomic mass is 32.3. The summed E-state index contributed by atoms with van der Waals surface area (Å²) in [5.74, 6) is -0.00348. The van der Waals surface area contributed by atoms with Crippen molar-refractivity contribution in [3.05, 3.63) is 95.1 Å².